The van der Waals surface area contributed by atoms with Crippen LogP contribution in [0, 0.1) is 0 Å². The van der Waals surface area contributed by atoms with Crippen molar-refractivity contribution in [1.29, 1.82) is 0 Å². The molecule has 1 aromatic rings. The van der Waals surface area contributed by atoms with Crippen LogP contribution in [0.3, 0.4) is 0 Å². The van der Waals surface area contributed by atoms with E-state index in [-0.39, 0.29) is 27.2 Å². The molecule has 5 heteroatoms. The van der Waals surface area contributed by atoms with Crippen LogP contribution >= 0.6 is 34.8 Å². The van der Waals surface area contributed by atoms with Crippen molar-refractivity contribution in [3.63, 3.8) is 0 Å². The van der Waals surface area contributed by atoms with Gasteiger partial charge in [-0.25, -0.2) is 4.79 Å². The molecule has 0 aliphatic carbocycles. The fourth-order valence-corrected chi connectivity index (χ4v) is 1.60. The van der Waals surface area contributed by atoms with Crippen molar-refractivity contribution in [3.8, 4) is 0 Å². The topological polar surface area (TPSA) is 26.3 Å². The lowest BCUT2D eigenvalue weighted by molar-refractivity contribution is 0.0527. The first-order chi connectivity index (χ1) is 6.57. The number of carbonyl (C=O) groups excluding carboxylic acids is 1. The molecule has 0 N–H and O–H groups in total. The van der Waals surface area contributed by atoms with Gasteiger partial charge in [0.15, 0.2) is 0 Å². The Labute approximate surface area is 96.7 Å². The summed E-state index contributed by atoms with van der Waals surface area (Å²) in [6.07, 6.45) is 0. The molecule has 0 radical (unpaired) electrons. The molecule has 14 heavy (non-hydrogen) atoms. The zero-order valence-electron chi connectivity index (χ0n) is 7.31. The van der Waals surface area contributed by atoms with Crippen LogP contribution in [-0.2, 0) is 4.74 Å². The van der Waals surface area contributed by atoms with Gasteiger partial charge in [0.05, 0.1) is 27.2 Å². The van der Waals surface area contributed by atoms with Crippen molar-refractivity contribution in [3.05, 3.63) is 32.8 Å². The van der Waals surface area contributed by atoms with E-state index in [2.05, 4.69) is 0 Å². The van der Waals surface area contributed by atoms with Crippen LogP contribution in [0.5, 0.6) is 0 Å². The second-order valence-electron chi connectivity index (χ2n) is 2.44. The third-order valence-corrected chi connectivity index (χ3v) is 2.64. The molecule has 1 rings (SSSR count). The van der Waals surface area contributed by atoms with E-state index in [0.29, 0.717) is 0 Å². The molecule has 0 aliphatic rings. The first-order valence-electron chi connectivity index (χ1n) is 3.88. The molecule has 0 saturated heterocycles. The number of rotatable bonds is 2. The standard InChI is InChI=1S/C9H7Cl3O2/c1-2-14-9(13)7-5(10)3-4-6(11)8(7)12/h3-4H,2H2,1H3. The number of hydrogen-bond acceptors (Lipinski definition) is 2. The third-order valence-electron chi connectivity index (χ3n) is 1.52. The summed E-state index contributed by atoms with van der Waals surface area (Å²) in [7, 11) is 0. The number of halogens is 3. The van der Waals surface area contributed by atoms with Gasteiger partial charge in [0.25, 0.3) is 0 Å². The summed E-state index contributed by atoms with van der Waals surface area (Å²) in [5, 5.41) is 0.634. The van der Waals surface area contributed by atoms with Crippen LogP contribution < -0.4 is 0 Å². The van der Waals surface area contributed by atoms with Crippen molar-refractivity contribution >= 4 is 40.8 Å². The molecule has 2 nitrogen and oxygen atoms in total. The Morgan fingerprint density at radius 3 is 2.43 bits per heavy atom. The van der Waals surface area contributed by atoms with Gasteiger partial charge in [0.1, 0.15) is 0 Å². The summed E-state index contributed by atoms with van der Waals surface area (Å²) in [6.45, 7) is 1.96. The molecule has 0 fully saturated rings. The highest BCUT2D eigenvalue weighted by Crippen LogP contribution is 2.31. The molecule has 0 aromatic heterocycles. The van der Waals surface area contributed by atoms with Gasteiger partial charge >= 0.3 is 5.97 Å². The fourth-order valence-electron chi connectivity index (χ4n) is 0.917. The molecule has 0 unspecified atom stereocenters. The molecule has 0 saturated carbocycles. The van der Waals surface area contributed by atoms with Crippen LogP contribution in [0.2, 0.25) is 15.1 Å². The molecule has 0 amide bonds. The Morgan fingerprint density at radius 1 is 1.29 bits per heavy atom. The maximum atomic E-state index is 11.4. The molecule has 0 heterocycles. The van der Waals surface area contributed by atoms with E-state index < -0.39 is 5.97 Å². The molecular weight excluding hydrogens is 246 g/mol. The summed E-state index contributed by atoms with van der Waals surface area (Å²) in [5.41, 5.74) is 0.114. The number of esters is 1. The monoisotopic (exact) mass is 252 g/mol. The van der Waals surface area contributed by atoms with Crippen molar-refractivity contribution in [2.24, 2.45) is 0 Å². The number of ether oxygens (including phenoxy) is 1. The Bertz CT molecular complexity index is 363. The number of hydrogen-bond donors (Lipinski definition) is 0. The zero-order valence-corrected chi connectivity index (χ0v) is 9.58. The molecule has 0 spiro atoms. The van der Waals surface area contributed by atoms with Crippen molar-refractivity contribution in [2.45, 2.75) is 6.92 Å². The average Bonchev–Trinajstić information content (AvgIpc) is 2.13. The van der Waals surface area contributed by atoms with Gasteiger partial charge in [-0.3, -0.25) is 0 Å². The zero-order chi connectivity index (χ0) is 10.7. The minimum absolute atomic E-state index is 0.114. The van der Waals surface area contributed by atoms with Crippen molar-refractivity contribution in [2.75, 3.05) is 6.61 Å². The minimum atomic E-state index is -0.565. The van der Waals surface area contributed by atoms with Crippen LogP contribution in [0.25, 0.3) is 0 Å². The third kappa shape index (κ3) is 2.32. The lowest BCUT2D eigenvalue weighted by Gasteiger charge is -2.06. The van der Waals surface area contributed by atoms with Gasteiger partial charge in [-0.2, -0.15) is 0 Å². The second-order valence-corrected chi connectivity index (χ2v) is 3.63. The maximum Gasteiger partial charge on any atom is 0.341 e. The Morgan fingerprint density at radius 2 is 1.86 bits per heavy atom. The number of benzene rings is 1. The number of carbonyl (C=O) groups is 1. The first kappa shape index (κ1) is 11.6. The van der Waals surface area contributed by atoms with E-state index in [0.717, 1.165) is 0 Å². The smallest absolute Gasteiger partial charge is 0.341 e. The molecule has 0 bridgehead atoms. The predicted octanol–water partition coefficient (Wildman–Crippen LogP) is 3.82. The molecule has 1 aromatic carbocycles. The SMILES string of the molecule is CCOC(=O)c1c(Cl)ccc(Cl)c1Cl. The van der Waals surface area contributed by atoms with Crippen LogP contribution in [0.4, 0.5) is 0 Å². The largest absolute Gasteiger partial charge is 0.462 e. The first-order valence-corrected chi connectivity index (χ1v) is 5.02. The van der Waals surface area contributed by atoms with Crippen LogP contribution in [0.15, 0.2) is 12.1 Å². The van der Waals surface area contributed by atoms with Gasteiger partial charge in [-0.1, -0.05) is 34.8 Å². The Hall–Kier alpha value is -0.440. The highest BCUT2D eigenvalue weighted by atomic mass is 35.5. The van der Waals surface area contributed by atoms with Crippen molar-refractivity contribution < 1.29 is 9.53 Å². The van der Waals surface area contributed by atoms with E-state index in [4.69, 9.17) is 39.5 Å². The van der Waals surface area contributed by atoms with E-state index in [1.165, 1.54) is 12.1 Å². The summed E-state index contributed by atoms with van der Waals surface area (Å²) in [6, 6.07) is 3.02. The van der Waals surface area contributed by atoms with Crippen LogP contribution in [0.1, 0.15) is 17.3 Å². The van der Waals surface area contributed by atoms with Gasteiger partial charge in [-0.15, -0.1) is 0 Å². The van der Waals surface area contributed by atoms with E-state index in [9.17, 15) is 4.79 Å². The predicted molar refractivity (Wildman–Crippen MR) is 57.4 cm³/mol. The van der Waals surface area contributed by atoms with Crippen LogP contribution in [-0.4, -0.2) is 12.6 Å². The highest BCUT2D eigenvalue weighted by molar-refractivity contribution is 6.46. The quantitative estimate of drug-likeness (QED) is 0.591. The van der Waals surface area contributed by atoms with E-state index in [1.54, 1.807) is 6.92 Å². The van der Waals surface area contributed by atoms with E-state index in [1.807, 2.05) is 0 Å². The lowest BCUT2D eigenvalue weighted by Crippen LogP contribution is -2.06. The summed E-state index contributed by atoms with van der Waals surface area (Å²) in [4.78, 5) is 11.4. The normalized spacial score (nSPS) is 10.0. The molecule has 0 aliphatic heterocycles. The van der Waals surface area contributed by atoms with Gasteiger partial charge in [-0.05, 0) is 19.1 Å². The molecule has 0 atom stereocenters. The van der Waals surface area contributed by atoms with Crippen molar-refractivity contribution in [1.82, 2.24) is 0 Å². The Kier molecular flexibility index (Phi) is 4.05. The second kappa shape index (κ2) is 4.87. The molecule has 76 valence electrons. The highest BCUT2D eigenvalue weighted by Gasteiger charge is 2.17. The van der Waals surface area contributed by atoms with E-state index >= 15 is 0 Å². The summed E-state index contributed by atoms with van der Waals surface area (Å²) < 4.78 is 4.78. The fraction of sp³-hybridized carbons (Fsp3) is 0.222. The molecular formula is C9H7Cl3O2. The summed E-state index contributed by atoms with van der Waals surface area (Å²) >= 11 is 17.3. The van der Waals surface area contributed by atoms with Gasteiger partial charge in [0, 0.05) is 0 Å². The maximum absolute atomic E-state index is 11.4. The Balaban J connectivity index is 3.18. The lowest BCUT2D eigenvalue weighted by atomic mass is 10.2. The summed E-state index contributed by atoms with van der Waals surface area (Å²) in [5.74, 6) is -0.565. The average molecular weight is 254 g/mol. The minimum Gasteiger partial charge on any atom is -0.462 e. The van der Waals surface area contributed by atoms with Gasteiger partial charge in [0.2, 0.25) is 0 Å². The van der Waals surface area contributed by atoms with Gasteiger partial charge < -0.3 is 4.74 Å².